The lowest BCUT2D eigenvalue weighted by Crippen LogP contribution is -2.16. The van der Waals surface area contributed by atoms with Gasteiger partial charge in [-0.15, -0.1) is 11.3 Å². The van der Waals surface area contributed by atoms with Crippen molar-refractivity contribution in [3.63, 3.8) is 0 Å². The van der Waals surface area contributed by atoms with Crippen molar-refractivity contribution in [1.82, 2.24) is 5.32 Å². The van der Waals surface area contributed by atoms with Gasteiger partial charge in [0.25, 0.3) is 0 Å². The molecule has 5 heteroatoms. The Kier molecular flexibility index (Phi) is 4.44. The minimum absolute atomic E-state index is 0.471. The lowest BCUT2D eigenvalue weighted by molar-refractivity contribution is 0.537. The fourth-order valence-corrected chi connectivity index (χ4v) is 4.60. The van der Waals surface area contributed by atoms with Crippen molar-refractivity contribution >= 4 is 50.5 Å². The van der Waals surface area contributed by atoms with Crippen molar-refractivity contribution < 1.29 is 0 Å². The maximum absolute atomic E-state index is 6.36. The smallest absolute Gasteiger partial charge is 0.0740 e. The Bertz CT molecular complexity index is 637. The maximum atomic E-state index is 6.36. The first-order valence-corrected chi connectivity index (χ1v) is 8.89. The summed E-state index contributed by atoms with van der Waals surface area (Å²) < 4.78 is 0.829. The third kappa shape index (κ3) is 2.79. The zero-order chi connectivity index (χ0) is 14.3. The molecule has 0 spiro atoms. The predicted molar refractivity (Wildman–Crippen MR) is 92.0 cm³/mol. The van der Waals surface area contributed by atoms with Crippen molar-refractivity contribution in [2.75, 3.05) is 7.05 Å². The molecule has 1 N–H and O–H groups in total. The zero-order valence-corrected chi connectivity index (χ0v) is 14.8. The van der Waals surface area contributed by atoms with E-state index in [2.05, 4.69) is 33.4 Å². The van der Waals surface area contributed by atoms with Crippen molar-refractivity contribution in [1.29, 1.82) is 0 Å². The molecule has 20 heavy (non-hydrogen) atoms. The van der Waals surface area contributed by atoms with E-state index in [0.717, 1.165) is 16.0 Å². The number of hydrogen-bond donors (Lipinski definition) is 1. The van der Waals surface area contributed by atoms with Crippen LogP contribution in [0.4, 0.5) is 0 Å². The fraction of sp³-hybridized carbons (Fsp3) is 0.333. The van der Waals surface area contributed by atoms with Gasteiger partial charge in [0.05, 0.1) is 10.0 Å². The summed E-state index contributed by atoms with van der Waals surface area (Å²) in [7, 11) is 2.03. The van der Waals surface area contributed by atoms with Crippen molar-refractivity contribution in [2.45, 2.75) is 18.9 Å². The van der Waals surface area contributed by atoms with Crippen molar-refractivity contribution in [2.24, 2.45) is 5.92 Å². The topological polar surface area (TPSA) is 12.0 Å². The lowest BCUT2D eigenvalue weighted by Gasteiger charge is -2.12. The zero-order valence-electron chi connectivity index (χ0n) is 10.9. The summed E-state index contributed by atoms with van der Waals surface area (Å²) in [6.45, 7) is 0. The SMILES string of the molecule is CNC(c1ccc(-c2ccc(Br)c(Cl)c2Cl)s1)C1CC1. The van der Waals surface area contributed by atoms with Crippen molar-refractivity contribution in [3.05, 3.63) is 43.7 Å². The maximum Gasteiger partial charge on any atom is 0.0740 e. The molecule has 2 aromatic rings. The Balaban J connectivity index is 1.95. The minimum Gasteiger partial charge on any atom is -0.312 e. The number of hydrogen-bond acceptors (Lipinski definition) is 2. The van der Waals surface area contributed by atoms with Gasteiger partial charge in [0.2, 0.25) is 0 Å². The molecule has 1 aromatic carbocycles. The van der Waals surface area contributed by atoms with Crippen LogP contribution in [-0.4, -0.2) is 7.05 Å². The highest BCUT2D eigenvalue weighted by atomic mass is 79.9. The molecule has 0 amide bonds. The predicted octanol–water partition coefficient (Wildman–Crippen LogP) is 6.15. The first-order valence-electron chi connectivity index (χ1n) is 6.52. The van der Waals surface area contributed by atoms with Crippen LogP contribution in [0, 0.1) is 5.92 Å². The number of thiophene rings is 1. The van der Waals surface area contributed by atoms with Crippen LogP contribution in [0.5, 0.6) is 0 Å². The van der Waals surface area contributed by atoms with E-state index < -0.39 is 0 Å². The molecular formula is C15H14BrCl2NS. The summed E-state index contributed by atoms with van der Waals surface area (Å²) >= 11 is 17.8. The van der Waals surface area contributed by atoms with Crippen LogP contribution in [0.25, 0.3) is 10.4 Å². The van der Waals surface area contributed by atoms with Crippen LogP contribution in [0.3, 0.4) is 0 Å². The molecule has 1 aromatic heterocycles. The first-order chi connectivity index (χ1) is 9.61. The normalized spacial score (nSPS) is 16.4. The third-order valence-corrected chi connectivity index (χ3v) is 6.61. The third-order valence-electron chi connectivity index (χ3n) is 3.64. The number of halogens is 3. The van der Waals surface area contributed by atoms with E-state index in [0.29, 0.717) is 16.1 Å². The van der Waals surface area contributed by atoms with E-state index in [1.54, 1.807) is 11.3 Å². The van der Waals surface area contributed by atoms with Gasteiger partial charge in [0, 0.05) is 25.8 Å². The molecule has 1 saturated carbocycles. The standard InChI is InChI=1S/C15H14BrCl2NS/c1-19-15(8-2-3-8)12-7-6-11(20-12)9-4-5-10(16)14(18)13(9)17/h4-8,15,19H,2-3H2,1H3. The first kappa shape index (κ1) is 14.9. The average Bonchev–Trinajstić information content (AvgIpc) is 3.16. The van der Waals surface area contributed by atoms with Gasteiger partial charge in [0.15, 0.2) is 0 Å². The van der Waals surface area contributed by atoms with Crippen LogP contribution in [0.2, 0.25) is 10.0 Å². The van der Waals surface area contributed by atoms with E-state index in [9.17, 15) is 0 Å². The van der Waals surface area contributed by atoms with Crippen LogP contribution >= 0.6 is 50.5 Å². The summed E-state index contributed by atoms with van der Waals surface area (Å²) in [6, 6.07) is 8.77. The van der Waals surface area contributed by atoms with Gasteiger partial charge in [-0.2, -0.15) is 0 Å². The number of benzene rings is 1. The van der Waals surface area contributed by atoms with E-state index in [1.165, 1.54) is 22.6 Å². The molecule has 106 valence electrons. The van der Waals surface area contributed by atoms with Crippen LogP contribution in [0.1, 0.15) is 23.8 Å². The second-order valence-corrected chi connectivity index (χ2v) is 7.75. The molecule has 1 aliphatic rings. The van der Waals surface area contributed by atoms with E-state index in [1.807, 2.05) is 19.2 Å². The van der Waals surface area contributed by atoms with E-state index in [-0.39, 0.29) is 0 Å². The molecule has 0 bridgehead atoms. The molecule has 3 rings (SSSR count). The second-order valence-electron chi connectivity index (χ2n) is 5.03. The largest absolute Gasteiger partial charge is 0.312 e. The Labute approximate surface area is 141 Å². The van der Waals surface area contributed by atoms with Gasteiger partial charge in [-0.1, -0.05) is 29.3 Å². The molecule has 1 heterocycles. The highest BCUT2D eigenvalue weighted by Gasteiger charge is 2.32. The molecule has 1 nitrogen and oxygen atoms in total. The molecule has 0 radical (unpaired) electrons. The van der Waals surface area contributed by atoms with Gasteiger partial charge < -0.3 is 5.32 Å². The summed E-state index contributed by atoms with van der Waals surface area (Å²) in [5.41, 5.74) is 1.00. The highest BCUT2D eigenvalue weighted by Crippen LogP contribution is 2.46. The molecule has 1 fully saturated rings. The van der Waals surface area contributed by atoms with Gasteiger partial charge in [-0.25, -0.2) is 0 Å². The summed E-state index contributed by atoms with van der Waals surface area (Å²) in [4.78, 5) is 2.54. The van der Waals surface area contributed by atoms with Gasteiger partial charge in [-0.05, 0) is 59.9 Å². The van der Waals surface area contributed by atoms with Gasteiger partial charge in [0.1, 0.15) is 0 Å². The number of nitrogens with one attached hydrogen (secondary N) is 1. The van der Waals surface area contributed by atoms with Crippen molar-refractivity contribution in [3.8, 4) is 10.4 Å². The quantitative estimate of drug-likeness (QED) is 0.616. The van der Waals surface area contributed by atoms with Crippen LogP contribution in [0.15, 0.2) is 28.7 Å². The molecule has 0 aliphatic heterocycles. The Morgan fingerprint density at radius 2 is 1.95 bits per heavy atom. The molecule has 0 saturated heterocycles. The van der Waals surface area contributed by atoms with Gasteiger partial charge >= 0.3 is 0 Å². The summed E-state index contributed by atoms with van der Waals surface area (Å²) in [6.07, 6.45) is 2.65. The van der Waals surface area contributed by atoms with Crippen LogP contribution < -0.4 is 5.32 Å². The molecule has 1 atom stereocenters. The second kappa shape index (κ2) is 5.98. The fourth-order valence-electron chi connectivity index (χ4n) is 2.42. The average molecular weight is 391 g/mol. The van der Waals surface area contributed by atoms with Crippen LogP contribution in [-0.2, 0) is 0 Å². The molecule has 1 unspecified atom stereocenters. The lowest BCUT2D eigenvalue weighted by atomic mass is 10.1. The monoisotopic (exact) mass is 389 g/mol. The van der Waals surface area contributed by atoms with E-state index >= 15 is 0 Å². The highest BCUT2D eigenvalue weighted by molar-refractivity contribution is 9.10. The summed E-state index contributed by atoms with van der Waals surface area (Å²) in [5.74, 6) is 0.787. The molecular weight excluding hydrogens is 377 g/mol. The minimum atomic E-state index is 0.471. The summed E-state index contributed by atoms with van der Waals surface area (Å²) in [5, 5.41) is 4.61. The molecule has 1 aliphatic carbocycles. The van der Waals surface area contributed by atoms with E-state index in [4.69, 9.17) is 23.2 Å². The Hall–Kier alpha value is -0.0600. The Morgan fingerprint density at radius 1 is 1.20 bits per heavy atom. The van der Waals surface area contributed by atoms with Gasteiger partial charge in [-0.3, -0.25) is 0 Å². The Morgan fingerprint density at radius 3 is 2.60 bits per heavy atom. The number of rotatable bonds is 4.